The van der Waals surface area contributed by atoms with Gasteiger partial charge in [-0.2, -0.15) is 5.10 Å². The van der Waals surface area contributed by atoms with E-state index < -0.39 is 0 Å². The van der Waals surface area contributed by atoms with Gasteiger partial charge in [0.15, 0.2) is 11.6 Å². The summed E-state index contributed by atoms with van der Waals surface area (Å²) in [5, 5.41) is 7.35. The van der Waals surface area contributed by atoms with Gasteiger partial charge in [0.2, 0.25) is 5.91 Å². The lowest BCUT2D eigenvalue weighted by Crippen LogP contribution is -2.44. The lowest BCUT2D eigenvalue weighted by atomic mass is 10.1. The number of H-pyrrole nitrogens is 1. The van der Waals surface area contributed by atoms with Crippen LogP contribution in [0.4, 0.5) is 4.39 Å². The Labute approximate surface area is 164 Å². The van der Waals surface area contributed by atoms with E-state index in [0.29, 0.717) is 32.7 Å². The van der Waals surface area contributed by atoms with Crippen LogP contribution in [0.3, 0.4) is 0 Å². The summed E-state index contributed by atoms with van der Waals surface area (Å²) >= 11 is 0. The zero-order valence-electron chi connectivity index (χ0n) is 15.9. The minimum atomic E-state index is -0.365. The molecule has 0 radical (unpaired) electrons. The molecule has 1 aromatic carbocycles. The van der Waals surface area contributed by atoms with Gasteiger partial charge in [-0.15, -0.1) is 0 Å². The van der Waals surface area contributed by atoms with E-state index in [9.17, 15) is 9.18 Å². The van der Waals surface area contributed by atoms with E-state index in [1.807, 2.05) is 11.0 Å². The molecule has 2 aromatic rings. The van der Waals surface area contributed by atoms with Crippen molar-refractivity contribution in [2.45, 2.75) is 38.2 Å². The third-order valence-electron chi connectivity index (χ3n) is 5.53. The van der Waals surface area contributed by atoms with Crippen LogP contribution < -0.4 is 4.74 Å². The van der Waals surface area contributed by atoms with Crippen molar-refractivity contribution in [3.63, 3.8) is 0 Å². The second kappa shape index (κ2) is 8.73. The first-order valence-corrected chi connectivity index (χ1v) is 10.0. The largest absolute Gasteiger partial charge is 0.490 e. The van der Waals surface area contributed by atoms with Gasteiger partial charge < -0.3 is 14.4 Å². The number of hydrogen-bond donors (Lipinski definition) is 1. The highest BCUT2D eigenvalue weighted by molar-refractivity contribution is 5.79. The van der Waals surface area contributed by atoms with Crippen LogP contribution in [-0.4, -0.2) is 47.3 Å². The number of aromatic nitrogens is 2. The molecule has 1 atom stereocenters. The number of nitrogens with one attached hydrogen (secondary N) is 1. The highest BCUT2D eigenvalue weighted by Crippen LogP contribution is 2.29. The lowest BCUT2D eigenvalue weighted by Gasteiger charge is -2.33. The maximum absolute atomic E-state index is 13.6. The van der Waals surface area contributed by atoms with Gasteiger partial charge in [-0.1, -0.05) is 25.0 Å². The molecule has 2 heterocycles. The summed E-state index contributed by atoms with van der Waals surface area (Å²) in [6.07, 6.45) is 4.70. The van der Waals surface area contributed by atoms with Crippen LogP contribution in [0.5, 0.6) is 5.75 Å². The average Bonchev–Trinajstić information content (AvgIpc) is 3.41. The van der Waals surface area contributed by atoms with Crippen LogP contribution in [0.2, 0.25) is 0 Å². The summed E-state index contributed by atoms with van der Waals surface area (Å²) in [4.78, 5) is 14.6. The smallest absolute Gasteiger partial charge is 0.225 e. The van der Waals surface area contributed by atoms with Crippen molar-refractivity contribution in [2.24, 2.45) is 5.92 Å². The summed E-state index contributed by atoms with van der Waals surface area (Å²) in [5.41, 5.74) is 1.69. The molecular weight excluding hydrogens is 361 g/mol. The molecule has 150 valence electrons. The summed E-state index contributed by atoms with van der Waals surface area (Å²) < 4.78 is 24.9. The van der Waals surface area contributed by atoms with Crippen molar-refractivity contribution < 1.29 is 18.7 Å². The van der Waals surface area contributed by atoms with Crippen LogP contribution in [-0.2, 0) is 16.0 Å². The Kier molecular flexibility index (Phi) is 5.90. The zero-order valence-corrected chi connectivity index (χ0v) is 15.9. The van der Waals surface area contributed by atoms with Crippen molar-refractivity contribution in [2.75, 3.05) is 26.3 Å². The number of benzene rings is 1. The minimum Gasteiger partial charge on any atom is -0.490 e. The highest BCUT2D eigenvalue weighted by Gasteiger charge is 2.32. The summed E-state index contributed by atoms with van der Waals surface area (Å²) in [6, 6.07) is 8.31. The van der Waals surface area contributed by atoms with Gasteiger partial charge in [-0.3, -0.25) is 9.89 Å². The Morgan fingerprint density at radius 3 is 2.96 bits per heavy atom. The first-order chi connectivity index (χ1) is 13.7. The quantitative estimate of drug-likeness (QED) is 0.826. The molecule has 4 rings (SSSR count). The first kappa shape index (κ1) is 18.9. The molecule has 0 spiro atoms. The molecule has 1 aromatic heterocycles. The number of amides is 1. The summed E-state index contributed by atoms with van der Waals surface area (Å²) in [5.74, 6) is 0.332. The number of rotatable bonds is 6. The second-order valence-electron chi connectivity index (χ2n) is 7.47. The predicted octanol–water partition coefficient (Wildman–Crippen LogP) is 3.26. The molecule has 1 aliphatic heterocycles. The maximum Gasteiger partial charge on any atom is 0.225 e. The van der Waals surface area contributed by atoms with Crippen molar-refractivity contribution in [3.8, 4) is 5.75 Å². The van der Waals surface area contributed by atoms with E-state index >= 15 is 0 Å². The topological polar surface area (TPSA) is 67.5 Å². The number of ether oxygens (including phenoxy) is 2. The molecule has 1 amide bonds. The summed E-state index contributed by atoms with van der Waals surface area (Å²) in [7, 11) is 0. The SMILES string of the molecule is O=C(C1CCCC1)N1CCO[C@H](c2cc(CCOc3ccccc3F)[nH]n2)C1. The minimum absolute atomic E-state index is 0.184. The molecule has 1 N–H and O–H groups in total. The van der Waals surface area contributed by atoms with Crippen LogP contribution in [0.25, 0.3) is 0 Å². The Bertz CT molecular complexity index is 804. The monoisotopic (exact) mass is 387 g/mol. The highest BCUT2D eigenvalue weighted by atomic mass is 19.1. The number of hydrogen-bond acceptors (Lipinski definition) is 4. The molecule has 2 fully saturated rings. The number of halogens is 1. The summed E-state index contributed by atoms with van der Waals surface area (Å²) in [6.45, 7) is 2.08. The van der Waals surface area contributed by atoms with Crippen LogP contribution in [0.15, 0.2) is 30.3 Å². The third-order valence-corrected chi connectivity index (χ3v) is 5.53. The van der Waals surface area contributed by atoms with Gasteiger partial charge >= 0.3 is 0 Å². The molecule has 1 saturated carbocycles. The van der Waals surface area contributed by atoms with Crippen LogP contribution in [0.1, 0.15) is 43.2 Å². The second-order valence-corrected chi connectivity index (χ2v) is 7.47. The molecule has 2 aliphatic rings. The molecule has 6 nitrogen and oxygen atoms in total. The maximum atomic E-state index is 13.6. The van der Waals surface area contributed by atoms with Crippen molar-refractivity contribution in [1.82, 2.24) is 15.1 Å². The van der Waals surface area contributed by atoms with E-state index in [-0.39, 0.29) is 29.5 Å². The van der Waals surface area contributed by atoms with E-state index in [1.165, 1.54) is 6.07 Å². The van der Waals surface area contributed by atoms with Crippen molar-refractivity contribution >= 4 is 5.91 Å². The standard InChI is InChI=1S/C21H26FN3O3/c22-17-7-3-4-8-19(17)27-11-9-16-13-18(24-23-16)20-14-25(10-12-28-20)21(26)15-5-1-2-6-15/h3-4,7-8,13,15,20H,1-2,5-6,9-12,14H2,(H,23,24)/t20-/m0/s1. The molecule has 0 unspecified atom stereocenters. The zero-order chi connectivity index (χ0) is 19.3. The molecule has 0 bridgehead atoms. The fraction of sp³-hybridized carbons (Fsp3) is 0.524. The number of para-hydroxylation sites is 1. The lowest BCUT2D eigenvalue weighted by molar-refractivity contribution is -0.143. The van der Waals surface area contributed by atoms with Gasteiger partial charge in [0.1, 0.15) is 6.10 Å². The van der Waals surface area contributed by atoms with E-state index in [2.05, 4.69) is 10.2 Å². The predicted molar refractivity (Wildman–Crippen MR) is 101 cm³/mol. The average molecular weight is 387 g/mol. The van der Waals surface area contributed by atoms with Crippen LogP contribution in [0, 0.1) is 11.7 Å². The molecule has 7 heteroatoms. The van der Waals surface area contributed by atoms with Gasteiger partial charge in [-0.05, 0) is 31.0 Å². The van der Waals surface area contributed by atoms with Crippen LogP contribution >= 0.6 is 0 Å². The Balaban J connectivity index is 1.30. The molecular formula is C21H26FN3O3. The first-order valence-electron chi connectivity index (χ1n) is 10.0. The Morgan fingerprint density at radius 1 is 1.32 bits per heavy atom. The van der Waals surface area contributed by atoms with Crippen molar-refractivity contribution in [1.29, 1.82) is 0 Å². The normalized spacial score (nSPS) is 20.5. The van der Waals surface area contributed by atoms with Gasteiger partial charge in [0.25, 0.3) is 0 Å². The van der Waals surface area contributed by atoms with Crippen molar-refractivity contribution in [3.05, 3.63) is 47.5 Å². The molecule has 1 saturated heterocycles. The fourth-order valence-electron chi connectivity index (χ4n) is 3.96. The number of carbonyl (C=O) groups is 1. The number of carbonyl (C=O) groups excluding carboxylic acids is 1. The fourth-order valence-corrected chi connectivity index (χ4v) is 3.96. The number of nitrogens with zero attached hydrogens (tertiary/aromatic N) is 2. The molecule has 28 heavy (non-hydrogen) atoms. The Morgan fingerprint density at radius 2 is 2.14 bits per heavy atom. The number of morpholine rings is 1. The number of aromatic amines is 1. The van der Waals surface area contributed by atoms with E-state index in [0.717, 1.165) is 37.1 Å². The van der Waals surface area contributed by atoms with E-state index in [1.54, 1.807) is 18.2 Å². The Hall–Kier alpha value is -2.41. The van der Waals surface area contributed by atoms with E-state index in [4.69, 9.17) is 9.47 Å². The third kappa shape index (κ3) is 4.35. The van der Waals surface area contributed by atoms with Gasteiger partial charge in [0.05, 0.1) is 25.5 Å². The molecule has 1 aliphatic carbocycles. The van der Waals surface area contributed by atoms with Gasteiger partial charge in [0, 0.05) is 24.6 Å². The van der Waals surface area contributed by atoms with Gasteiger partial charge in [-0.25, -0.2) is 4.39 Å².